The van der Waals surface area contributed by atoms with Gasteiger partial charge >= 0.3 is 0 Å². The van der Waals surface area contributed by atoms with Gasteiger partial charge in [-0.3, -0.25) is 4.18 Å². The van der Waals surface area contributed by atoms with E-state index in [4.69, 9.17) is 8.61 Å². The Bertz CT molecular complexity index is 1280. The minimum atomic E-state index is -3.74. The zero-order chi connectivity index (χ0) is 32.2. The van der Waals surface area contributed by atoms with Gasteiger partial charge in [0.05, 0.1) is 11.5 Å². The maximum Gasteiger partial charge on any atom is 0.296 e. The second-order valence-corrected chi connectivity index (χ2v) is 23.8. The molecule has 2 unspecified atom stereocenters. The number of aryl methyl sites for hydroxylation is 1. The zero-order valence-corrected chi connectivity index (χ0v) is 31.3. The lowest BCUT2D eigenvalue weighted by Gasteiger charge is -2.59. The number of hydrogen-bond donors (Lipinski definition) is 0. The Hall–Kier alpha value is -0.953. The average molecular weight is 643 g/mol. The smallest absolute Gasteiger partial charge is 0.296 e. The van der Waals surface area contributed by atoms with Gasteiger partial charge in [-0.15, -0.1) is 0 Å². The standard InChI is InChI=1S/C38H62O4SSi/c1-25(2)44(26(3)4,27(5)6)42-31-19-21-37(9)30(23-31)13-16-33-35-18-17-34(38(35,10)22-20-36(33)37)29(8)24-41-43(39,40)32-14-11-28(7)12-15-32/h11-15,25-27,29,31,33-36H,16-24H2,1-10H3/t29?,31?,33-,34+,35-,36-,37-,38+/m0/s1. The third-order valence-electron chi connectivity index (χ3n) is 13.7. The van der Waals surface area contributed by atoms with Crippen LogP contribution in [0.2, 0.25) is 16.6 Å². The van der Waals surface area contributed by atoms with Crippen molar-refractivity contribution in [1.82, 2.24) is 0 Å². The van der Waals surface area contributed by atoms with Gasteiger partial charge in [-0.1, -0.05) is 91.7 Å². The molecule has 0 saturated heterocycles. The van der Waals surface area contributed by atoms with Crippen LogP contribution in [0.25, 0.3) is 0 Å². The van der Waals surface area contributed by atoms with Gasteiger partial charge in [0.15, 0.2) is 0 Å². The molecule has 0 spiro atoms. The Morgan fingerprint density at radius 1 is 0.864 bits per heavy atom. The molecule has 248 valence electrons. The molecule has 0 heterocycles. The van der Waals surface area contributed by atoms with Crippen molar-refractivity contribution in [2.75, 3.05) is 6.61 Å². The molecule has 44 heavy (non-hydrogen) atoms. The van der Waals surface area contributed by atoms with E-state index in [2.05, 4.69) is 68.4 Å². The molecule has 0 radical (unpaired) electrons. The number of benzene rings is 1. The maximum absolute atomic E-state index is 12.9. The van der Waals surface area contributed by atoms with Crippen LogP contribution < -0.4 is 0 Å². The van der Waals surface area contributed by atoms with E-state index in [9.17, 15) is 8.42 Å². The zero-order valence-electron chi connectivity index (χ0n) is 29.5. The van der Waals surface area contributed by atoms with Crippen molar-refractivity contribution in [2.24, 2.45) is 40.4 Å². The molecule has 0 N–H and O–H groups in total. The topological polar surface area (TPSA) is 52.6 Å². The molecule has 4 nitrogen and oxygen atoms in total. The van der Waals surface area contributed by atoms with Crippen molar-refractivity contribution in [2.45, 2.75) is 148 Å². The molecule has 1 aromatic rings. The van der Waals surface area contributed by atoms with Gasteiger partial charge in [-0.2, -0.15) is 8.42 Å². The maximum atomic E-state index is 12.9. The van der Waals surface area contributed by atoms with E-state index in [1.807, 2.05) is 19.1 Å². The Kier molecular flexibility index (Phi) is 9.83. The lowest BCUT2D eigenvalue weighted by Crippen LogP contribution is -2.53. The summed E-state index contributed by atoms with van der Waals surface area (Å²) in [7, 11) is -5.63. The Morgan fingerprint density at radius 2 is 1.50 bits per heavy atom. The van der Waals surface area contributed by atoms with Gasteiger partial charge in [0.1, 0.15) is 0 Å². The molecule has 6 heteroatoms. The normalized spacial score (nSPS) is 34.9. The van der Waals surface area contributed by atoms with Gasteiger partial charge in [0.2, 0.25) is 8.32 Å². The predicted octanol–water partition coefficient (Wildman–Crippen LogP) is 10.5. The van der Waals surface area contributed by atoms with Crippen LogP contribution in [0.15, 0.2) is 40.8 Å². The first kappa shape index (κ1) is 34.4. The van der Waals surface area contributed by atoms with Crippen LogP contribution in [0.4, 0.5) is 0 Å². The molecule has 3 saturated carbocycles. The highest BCUT2D eigenvalue weighted by Crippen LogP contribution is 2.67. The molecule has 1 aromatic carbocycles. The molecule has 5 rings (SSSR count). The molecular weight excluding hydrogens is 581 g/mol. The van der Waals surface area contributed by atoms with Gasteiger partial charge < -0.3 is 4.43 Å². The SMILES string of the molecule is Cc1ccc(S(=O)(=O)OCC(C)[C@H]2CC[C@H]3[C@@H]4CC=C5CC(O[Si](C(C)C)(C(C)C)C(C)C)CC[C@]5(C)[C@H]4CC[C@]23C)cc1. The summed E-state index contributed by atoms with van der Waals surface area (Å²) in [5, 5.41) is 0. The van der Waals surface area contributed by atoms with Crippen molar-refractivity contribution in [3.63, 3.8) is 0 Å². The van der Waals surface area contributed by atoms with Crippen molar-refractivity contribution >= 4 is 18.4 Å². The highest BCUT2D eigenvalue weighted by atomic mass is 32.2. The summed E-state index contributed by atoms with van der Waals surface area (Å²) in [6.07, 6.45) is 12.9. The fourth-order valence-corrected chi connectivity index (χ4v) is 18.1. The molecule has 0 aromatic heterocycles. The predicted molar refractivity (Wildman–Crippen MR) is 185 cm³/mol. The first-order valence-corrected chi connectivity index (χ1v) is 21.4. The highest BCUT2D eigenvalue weighted by molar-refractivity contribution is 7.86. The third kappa shape index (κ3) is 5.85. The Balaban J connectivity index is 1.27. The van der Waals surface area contributed by atoms with Crippen molar-refractivity contribution in [3.8, 4) is 0 Å². The molecule has 4 aliphatic rings. The number of allylic oxidation sites excluding steroid dienone is 1. The van der Waals surface area contributed by atoms with E-state index in [0.717, 1.165) is 23.8 Å². The molecule has 0 bridgehead atoms. The Morgan fingerprint density at radius 3 is 2.11 bits per heavy atom. The summed E-state index contributed by atoms with van der Waals surface area (Å²) < 4.78 is 38.9. The van der Waals surface area contributed by atoms with E-state index in [1.165, 1.54) is 44.9 Å². The molecule has 4 aliphatic carbocycles. The highest BCUT2D eigenvalue weighted by Gasteiger charge is 2.59. The molecule has 0 amide bonds. The summed E-state index contributed by atoms with van der Waals surface area (Å²) in [6, 6.07) is 6.99. The average Bonchev–Trinajstić information content (AvgIpc) is 3.31. The van der Waals surface area contributed by atoms with Crippen LogP contribution in [-0.4, -0.2) is 29.4 Å². The first-order chi connectivity index (χ1) is 20.6. The molecular formula is C38H62O4SSi. The lowest BCUT2D eigenvalue weighted by molar-refractivity contribution is -0.0584. The second-order valence-electron chi connectivity index (χ2n) is 16.8. The fraction of sp³-hybridized carbons (Fsp3) is 0.789. The molecule has 0 aliphatic heterocycles. The summed E-state index contributed by atoms with van der Waals surface area (Å²) in [5.74, 6) is 2.94. The Labute approximate surface area is 271 Å². The number of rotatable bonds is 10. The minimum absolute atomic E-state index is 0.215. The van der Waals surface area contributed by atoms with Crippen molar-refractivity contribution in [1.29, 1.82) is 0 Å². The van der Waals surface area contributed by atoms with E-state index >= 15 is 0 Å². The second kappa shape index (κ2) is 12.6. The van der Waals surface area contributed by atoms with Gasteiger partial charge in [-0.05, 0) is 127 Å². The quantitative estimate of drug-likeness (QED) is 0.145. The lowest BCUT2D eigenvalue weighted by atomic mass is 9.47. The van der Waals surface area contributed by atoms with Crippen LogP contribution in [0.1, 0.15) is 119 Å². The van der Waals surface area contributed by atoms with Crippen LogP contribution in [0, 0.1) is 47.3 Å². The van der Waals surface area contributed by atoms with Crippen LogP contribution in [-0.2, 0) is 18.7 Å². The van der Waals surface area contributed by atoms with E-state index in [-0.39, 0.29) is 22.8 Å². The summed E-state index contributed by atoms with van der Waals surface area (Å²) in [6.45, 7) is 24.1. The van der Waals surface area contributed by atoms with Crippen LogP contribution >= 0.6 is 0 Å². The van der Waals surface area contributed by atoms with Crippen molar-refractivity contribution in [3.05, 3.63) is 41.5 Å². The van der Waals surface area contributed by atoms with E-state index < -0.39 is 18.4 Å². The van der Waals surface area contributed by atoms with Gasteiger partial charge in [-0.25, -0.2) is 0 Å². The summed E-state index contributed by atoms with van der Waals surface area (Å²) in [5.41, 5.74) is 5.19. The first-order valence-electron chi connectivity index (χ1n) is 17.9. The van der Waals surface area contributed by atoms with Crippen LogP contribution in [0.3, 0.4) is 0 Å². The number of hydrogen-bond acceptors (Lipinski definition) is 4. The minimum Gasteiger partial charge on any atom is -0.413 e. The van der Waals surface area contributed by atoms with Crippen molar-refractivity contribution < 1.29 is 17.0 Å². The molecule has 8 atom stereocenters. The number of fused-ring (bicyclic) bond motifs is 5. The monoisotopic (exact) mass is 642 g/mol. The summed E-state index contributed by atoms with van der Waals surface area (Å²) in [4.78, 5) is 0.259. The van der Waals surface area contributed by atoms with Crippen LogP contribution in [0.5, 0.6) is 0 Å². The molecule has 3 fully saturated rings. The van der Waals surface area contributed by atoms with E-state index in [1.54, 1.807) is 17.7 Å². The fourth-order valence-electron chi connectivity index (χ4n) is 11.5. The van der Waals surface area contributed by atoms with E-state index in [0.29, 0.717) is 40.0 Å². The van der Waals surface area contributed by atoms with Gasteiger partial charge in [0, 0.05) is 6.10 Å². The summed E-state index contributed by atoms with van der Waals surface area (Å²) >= 11 is 0. The van der Waals surface area contributed by atoms with Gasteiger partial charge in [0.25, 0.3) is 10.1 Å². The largest absolute Gasteiger partial charge is 0.413 e. The third-order valence-corrected chi connectivity index (χ3v) is 21.1.